The number of nitrogens with one attached hydrogen (secondary N) is 1. The fourth-order valence-electron chi connectivity index (χ4n) is 3.12. The SMILES string of the molecule is CC(=O)CCc1[nH]c2c(sc3nc(C)ccc32)c1-c1ccccc1. The number of aromatic amines is 1. The Kier molecular flexibility index (Phi) is 3.69. The molecule has 4 rings (SSSR count). The van der Waals surface area contributed by atoms with Gasteiger partial charge in [0, 0.05) is 28.8 Å². The molecule has 1 aromatic carbocycles. The summed E-state index contributed by atoms with van der Waals surface area (Å²) in [5, 5.41) is 1.16. The number of hydrogen-bond donors (Lipinski definition) is 1. The third-order valence-corrected chi connectivity index (χ3v) is 5.41. The Morgan fingerprint density at radius 2 is 1.96 bits per heavy atom. The standard InChI is InChI=1S/C20H18N2OS/c1-12-8-10-15-18-19(24-20(15)21-12)17(14-6-4-3-5-7-14)16(22-18)11-9-13(2)23/h3-8,10,22H,9,11H2,1-2H3. The molecule has 4 heteroatoms. The van der Waals surface area contributed by atoms with E-state index in [1.165, 1.54) is 15.8 Å². The zero-order valence-corrected chi connectivity index (χ0v) is 14.5. The number of aromatic nitrogens is 2. The van der Waals surface area contributed by atoms with Crippen LogP contribution in [-0.2, 0) is 11.2 Å². The molecule has 0 saturated carbocycles. The van der Waals surface area contributed by atoms with Crippen LogP contribution in [0.4, 0.5) is 0 Å². The summed E-state index contributed by atoms with van der Waals surface area (Å²) >= 11 is 1.73. The second-order valence-corrected chi connectivity index (χ2v) is 7.16. The quantitative estimate of drug-likeness (QED) is 0.552. The number of pyridine rings is 1. The van der Waals surface area contributed by atoms with Crippen molar-refractivity contribution in [1.82, 2.24) is 9.97 Å². The van der Waals surface area contributed by atoms with Gasteiger partial charge in [-0.05, 0) is 38.0 Å². The maximum Gasteiger partial charge on any atom is 0.130 e. The zero-order valence-electron chi connectivity index (χ0n) is 13.7. The van der Waals surface area contributed by atoms with Crippen LogP contribution in [0.2, 0.25) is 0 Å². The smallest absolute Gasteiger partial charge is 0.130 e. The fraction of sp³-hybridized carbons (Fsp3) is 0.200. The second kappa shape index (κ2) is 5.87. The van der Waals surface area contributed by atoms with Crippen molar-refractivity contribution in [2.75, 3.05) is 0 Å². The van der Waals surface area contributed by atoms with E-state index in [0.717, 1.165) is 33.5 Å². The molecule has 120 valence electrons. The topological polar surface area (TPSA) is 45.8 Å². The summed E-state index contributed by atoms with van der Waals surface area (Å²) in [4.78, 5) is 20.8. The van der Waals surface area contributed by atoms with Gasteiger partial charge in [0.2, 0.25) is 0 Å². The molecule has 0 aliphatic rings. The number of carbonyl (C=O) groups is 1. The van der Waals surface area contributed by atoms with E-state index in [4.69, 9.17) is 0 Å². The van der Waals surface area contributed by atoms with Gasteiger partial charge in [-0.2, -0.15) is 0 Å². The highest BCUT2D eigenvalue weighted by Gasteiger charge is 2.18. The van der Waals surface area contributed by atoms with Gasteiger partial charge in [0.15, 0.2) is 0 Å². The van der Waals surface area contributed by atoms with Crippen LogP contribution >= 0.6 is 11.3 Å². The average Bonchev–Trinajstić information content (AvgIpc) is 3.08. The molecule has 24 heavy (non-hydrogen) atoms. The van der Waals surface area contributed by atoms with Crippen molar-refractivity contribution >= 4 is 37.6 Å². The van der Waals surface area contributed by atoms with Gasteiger partial charge in [-0.1, -0.05) is 30.3 Å². The summed E-state index contributed by atoms with van der Waals surface area (Å²) in [5.74, 6) is 0.217. The first-order chi connectivity index (χ1) is 11.6. The normalized spacial score (nSPS) is 11.4. The fourth-order valence-corrected chi connectivity index (χ4v) is 4.39. The number of fused-ring (bicyclic) bond motifs is 3. The molecule has 1 N–H and O–H groups in total. The monoisotopic (exact) mass is 334 g/mol. The van der Waals surface area contributed by atoms with Crippen LogP contribution < -0.4 is 0 Å². The first-order valence-electron chi connectivity index (χ1n) is 8.09. The van der Waals surface area contributed by atoms with Crippen LogP contribution in [-0.4, -0.2) is 15.8 Å². The molecule has 0 aliphatic heterocycles. The van der Waals surface area contributed by atoms with Crippen molar-refractivity contribution in [2.24, 2.45) is 0 Å². The Labute approximate surface area is 144 Å². The number of thiophene rings is 1. The van der Waals surface area contributed by atoms with Crippen molar-refractivity contribution in [1.29, 1.82) is 0 Å². The zero-order chi connectivity index (χ0) is 16.7. The molecule has 0 fully saturated rings. The van der Waals surface area contributed by atoms with Gasteiger partial charge in [0.25, 0.3) is 0 Å². The maximum atomic E-state index is 11.4. The molecular weight excluding hydrogens is 316 g/mol. The molecule has 0 amide bonds. The largest absolute Gasteiger partial charge is 0.357 e. The number of ketones is 1. The molecule has 3 heterocycles. The predicted octanol–water partition coefficient (Wildman–Crippen LogP) is 5.27. The summed E-state index contributed by atoms with van der Waals surface area (Å²) in [7, 11) is 0. The third kappa shape index (κ3) is 2.53. The summed E-state index contributed by atoms with van der Waals surface area (Å²) in [6, 6.07) is 14.6. The van der Waals surface area contributed by atoms with Crippen LogP contribution in [0.5, 0.6) is 0 Å². The summed E-state index contributed by atoms with van der Waals surface area (Å²) in [6.07, 6.45) is 1.30. The number of rotatable bonds is 4. The number of nitrogens with zero attached hydrogens (tertiary/aromatic N) is 1. The highest BCUT2D eigenvalue weighted by molar-refractivity contribution is 7.26. The third-order valence-electron chi connectivity index (χ3n) is 4.29. The number of aryl methyl sites for hydroxylation is 2. The van der Waals surface area contributed by atoms with Crippen molar-refractivity contribution in [3.63, 3.8) is 0 Å². The van der Waals surface area contributed by atoms with E-state index in [1.807, 2.05) is 19.1 Å². The molecule has 0 unspecified atom stereocenters. The minimum atomic E-state index is 0.217. The molecule has 3 nitrogen and oxygen atoms in total. The molecule has 0 aliphatic carbocycles. The van der Waals surface area contributed by atoms with E-state index < -0.39 is 0 Å². The van der Waals surface area contributed by atoms with Crippen LogP contribution in [0.3, 0.4) is 0 Å². The molecule has 3 aromatic heterocycles. The van der Waals surface area contributed by atoms with E-state index in [1.54, 1.807) is 18.3 Å². The van der Waals surface area contributed by atoms with Gasteiger partial charge in [-0.3, -0.25) is 0 Å². The molecule has 0 radical (unpaired) electrons. The van der Waals surface area contributed by atoms with Gasteiger partial charge >= 0.3 is 0 Å². The molecular formula is C20H18N2OS. The Morgan fingerprint density at radius 1 is 1.17 bits per heavy atom. The maximum absolute atomic E-state index is 11.4. The Hall–Kier alpha value is -2.46. The molecule has 0 saturated heterocycles. The summed E-state index contributed by atoms with van der Waals surface area (Å²) in [6.45, 7) is 3.67. The number of hydrogen-bond acceptors (Lipinski definition) is 3. The molecule has 0 atom stereocenters. The second-order valence-electron chi connectivity index (χ2n) is 6.16. The minimum absolute atomic E-state index is 0.217. The van der Waals surface area contributed by atoms with Crippen LogP contribution in [0, 0.1) is 6.92 Å². The Bertz CT molecular complexity index is 1040. The Balaban J connectivity index is 1.98. The van der Waals surface area contributed by atoms with Crippen molar-refractivity contribution in [3.05, 3.63) is 53.9 Å². The highest BCUT2D eigenvalue weighted by atomic mass is 32.1. The summed E-state index contributed by atoms with van der Waals surface area (Å²) in [5.41, 5.74) is 5.71. The van der Waals surface area contributed by atoms with Gasteiger partial charge in [0.1, 0.15) is 10.6 Å². The van der Waals surface area contributed by atoms with E-state index >= 15 is 0 Å². The van der Waals surface area contributed by atoms with Gasteiger partial charge < -0.3 is 9.78 Å². The number of carbonyl (C=O) groups excluding carboxylic acids is 1. The number of Topliss-reactive ketones (excluding diaryl/α,β-unsaturated/α-hetero) is 1. The lowest BCUT2D eigenvalue weighted by molar-refractivity contribution is -0.116. The van der Waals surface area contributed by atoms with Crippen molar-refractivity contribution < 1.29 is 4.79 Å². The van der Waals surface area contributed by atoms with Crippen LogP contribution in [0.25, 0.3) is 31.6 Å². The first kappa shape index (κ1) is 15.1. The van der Waals surface area contributed by atoms with E-state index in [-0.39, 0.29) is 5.78 Å². The van der Waals surface area contributed by atoms with Gasteiger partial charge in [-0.25, -0.2) is 4.98 Å². The molecule has 0 spiro atoms. The highest BCUT2D eigenvalue weighted by Crippen LogP contribution is 2.41. The lowest BCUT2D eigenvalue weighted by Gasteiger charge is -2.04. The molecule has 0 bridgehead atoms. The van der Waals surface area contributed by atoms with Crippen molar-refractivity contribution in [2.45, 2.75) is 26.7 Å². The minimum Gasteiger partial charge on any atom is -0.357 e. The Morgan fingerprint density at radius 3 is 2.71 bits per heavy atom. The van der Waals surface area contributed by atoms with E-state index in [2.05, 4.69) is 40.3 Å². The lowest BCUT2D eigenvalue weighted by atomic mass is 10.0. The first-order valence-corrected chi connectivity index (χ1v) is 8.90. The van der Waals surface area contributed by atoms with Crippen molar-refractivity contribution in [3.8, 4) is 11.1 Å². The number of benzene rings is 1. The van der Waals surface area contributed by atoms with Gasteiger partial charge in [0.05, 0.1) is 10.2 Å². The summed E-state index contributed by atoms with van der Waals surface area (Å²) < 4.78 is 1.23. The average molecular weight is 334 g/mol. The van der Waals surface area contributed by atoms with E-state index in [0.29, 0.717) is 6.42 Å². The molecule has 4 aromatic rings. The van der Waals surface area contributed by atoms with Crippen LogP contribution in [0.1, 0.15) is 24.7 Å². The van der Waals surface area contributed by atoms with Gasteiger partial charge in [-0.15, -0.1) is 11.3 Å². The van der Waals surface area contributed by atoms with E-state index in [9.17, 15) is 4.79 Å². The number of H-pyrrole nitrogens is 1. The predicted molar refractivity (Wildman–Crippen MR) is 101 cm³/mol. The lowest BCUT2D eigenvalue weighted by Crippen LogP contribution is -1.96. The van der Waals surface area contributed by atoms with Crippen LogP contribution in [0.15, 0.2) is 42.5 Å².